The first-order chi connectivity index (χ1) is 12.8. The molecule has 0 aliphatic heterocycles. The van der Waals surface area contributed by atoms with Crippen molar-refractivity contribution in [2.75, 3.05) is 0 Å². The van der Waals surface area contributed by atoms with Crippen LogP contribution in [-0.2, 0) is 6.61 Å². The summed E-state index contributed by atoms with van der Waals surface area (Å²) in [6.07, 6.45) is 4.91. The number of nitrogens with one attached hydrogen (secondary N) is 1. The quantitative estimate of drug-likeness (QED) is 0.587. The molecule has 4 aromatic rings. The van der Waals surface area contributed by atoms with E-state index in [9.17, 15) is 4.39 Å². The zero-order valence-corrected chi connectivity index (χ0v) is 13.8. The van der Waals surface area contributed by atoms with Gasteiger partial charge in [0.2, 0.25) is 0 Å². The molecule has 2 heterocycles. The van der Waals surface area contributed by atoms with Gasteiger partial charge in [-0.2, -0.15) is 5.10 Å². The summed E-state index contributed by atoms with van der Waals surface area (Å²) in [5.74, 6) is 0.372. The van der Waals surface area contributed by atoms with Crippen molar-refractivity contribution in [3.05, 3.63) is 84.7 Å². The average molecular weight is 346 g/mol. The highest BCUT2D eigenvalue weighted by Crippen LogP contribution is 2.30. The third-order valence-electron chi connectivity index (χ3n) is 3.97. The normalized spacial score (nSPS) is 10.7. The van der Waals surface area contributed by atoms with Crippen LogP contribution in [-0.4, -0.2) is 20.2 Å². The Morgan fingerprint density at radius 1 is 1.04 bits per heavy atom. The van der Waals surface area contributed by atoms with Crippen molar-refractivity contribution < 1.29 is 9.13 Å². The molecule has 4 rings (SSSR count). The predicted octanol–water partition coefficient (Wildman–Crippen LogP) is 4.25. The van der Waals surface area contributed by atoms with E-state index in [4.69, 9.17) is 4.74 Å². The second-order valence-electron chi connectivity index (χ2n) is 5.66. The number of hydrogen-bond acceptors (Lipinski definition) is 4. The first-order valence-corrected chi connectivity index (χ1v) is 8.07. The van der Waals surface area contributed by atoms with Crippen molar-refractivity contribution >= 4 is 0 Å². The van der Waals surface area contributed by atoms with Crippen LogP contribution in [0.5, 0.6) is 5.75 Å². The number of benzene rings is 2. The fraction of sp³-hybridized carbons (Fsp3) is 0.0500. The molecule has 26 heavy (non-hydrogen) atoms. The van der Waals surface area contributed by atoms with E-state index in [1.54, 1.807) is 30.6 Å². The first-order valence-electron chi connectivity index (χ1n) is 8.07. The third kappa shape index (κ3) is 3.30. The largest absolute Gasteiger partial charge is 0.489 e. The molecule has 0 fully saturated rings. The van der Waals surface area contributed by atoms with Crippen LogP contribution in [0.15, 0.2) is 73.3 Å². The van der Waals surface area contributed by atoms with Gasteiger partial charge >= 0.3 is 0 Å². The molecule has 2 aromatic heterocycles. The van der Waals surface area contributed by atoms with Gasteiger partial charge in [-0.25, -0.2) is 14.4 Å². The van der Waals surface area contributed by atoms with Crippen molar-refractivity contribution in [1.82, 2.24) is 20.2 Å². The summed E-state index contributed by atoms with van der Waals surface area (Å²) >= 11 is 0. The first kappa shape index (κ1) is 16.0. The molecule has 0 amide bonds. The molecule has 0 saturated carbocycles. The molecule has 6 heteroatoms. The van der Waals surface area contributed by atoms with Gasteiger partial charge in [0, 0.05) is 22.9 Å². The Hall–Kier alpha value is -3.54. The highest BCUT2D eigenvalue weighted by Gasteiger charge is 2.12. The molecule has 0 spiro atoms. The van der Waals surface area contributed by atoms with E-state index < -0.39 is 0 Å². The number of H-pyrrole nitrogens is 1. The molecule has 5 nitrogen and oxygen atoms in total. The fourth-order valence-corrected chi connectivity index (χ4v) is 2.67. The molecule has 0 unspecified atom stereocenters. The topological polar surface area (TPSA) is 63.7 Å². The van der Waals surface area contributed by atoms with Gasteiger partial charge in [-0.15, -0.1) is 0 Å². The van der Waals surface area contributed by atoms with Crippen LogP contribution in [0.25, 0.3) is 22.5 Å². The minimum absolute atomic E-state index is 0.165. The second kappa shape index (κ2) is 7.14. The summed E-state index contributed by atoms with van der Waals surface area (Å²) < 4.78 is 19.5. The van der Waals surface area contributed by atoms with Gasteiger partial charge in [-0.1, -0.05) is 30.3 Å². The molecule has 0 radical (unpaired) electrons. The fourth-order valence-electron chi connectivity index (χ4n) is 2.67. The highest BCUT2D eigenvalue weighted by molar-refractivity contribution is 5.78. The van der Waals surface area contributed by atoms with Crippen molar-refractivity contribution in [1.29, 1.82) is 0 Å². The molecule has 0 saturated heterocycles. The van der Waals surface area contributed by atoms with E-state index in [-0.39, 0.29) is 12.4 Å². The highest BCUT2D eigenvalue weighted by atomic mass is 19.1. The third-order valence-corrected chi connectivity index (χ3v) is 3.97. The zero-order chi connectivity index (χ0) is 17.8. The lowest BCUT2D eigenvalue weighted by Crippen LogP contribution is -1.98. The molecule has 0 aliphatic carbocycles. The monoisotopic (exact) mass is 346 g/mol. The standard InChI is InChI=1S/C20H15FN4O/c21-18-7-2-1-4-15(18)12-26-16-6-3-5-14(10-16)20-17(11-24-25-20)19-8-9-22-13-23-19/h1-11,13H,12H2,(H,24,25). The lowest BCUT2D eigenvalue weighted by Gasteiger charge is -2.09. The van der Waals surface area contributed by atoms with Crippen LogP contribution in [0, 0.1) is 5.82 Å². The maximum atomic E-state index is 13.7. The van der Waals surface area contributed by atoms with Crippen LogP contribution in [0.3, 0.4) is 0 Å². The zero-order valence-electron chi connectivity index (χ0n) is 13.8. The van der Waals surface area contributed by atoms with Crippen molar-refractivity contribution in [2.24, 2.45) is 0 Å². The Morgan fingerprint density at radius 2 is 1.96 bits per heavy atom. The molecule has 128 valence electrons. The maximum Gasteiger partial charge on any atom is 0.129 e. The number of aromatic amines is 1. The summed E-state index contributed by atoms with van der Waals surface area (Å²) in [4.78, 5) is 8.21. The van der Waals surface area contributed by atoms with E-state index in [1.165, 1.54) is 12.4 Å². The van der Waals surface area contributed by atoms with Gasteiger partial charge in [0.05, 0.1) is 17.6 Å². The number of rotatable bonds is 5. The molecule has 0 bridgehead atoms. The summed E-state index contributed by atoms with van der Waals surface area (Å²) in [6, 6.07) is 16.0. The molecule has 0 aliphatic rings. The minimum atomic E-state index is -0.275. The van der Waals surface area contributed by atoms with Gasteiger partial charge in [0.1, 0.15) is 24.5 Å². The number of ether oxygens (including phenoxy) is 1. The van der Waals surface area contributed by atoms with E-state index >= 15 is 0 Å². The second-order valence-corrected chi connectivity index (χ2v) is 5.66. The molecule has 2 aromatic carbocycles. The van der Waals surface area contributed by atoms with Crippen LogP contribution < -0.4 is 4.74 Å². The number of nitrogens with zero attached hydrogens (tertiary/aromatic N) is 3. The summed E-state index contributed by atoms with van der Waals surface area (Å²) in [7, 11) is 0. The molecule has 1 N–H and O–H groups in total. The summed E-state index contributed by atoms with van der Waals surface area (Å²) in [5.41, 5.74) is 3.91. The Kier molecular flexibility index (Phi) is 4.38. The van der Waals surface area contributed by atoms with Gasteiger partial charge in [0.15, 0.2) is 0 Å². The smallest absolute Gasteiger partial charge is 0.129 e. The molecular formula is C20H15FN4O. The Bertz CT molecular complexity index is 1020. The number of halogens is 1. The van der Waals surface area contributed by atoms with Crippen LogP contribution in [0.1, 0.15) is 5.56 Å². The Labute approximate surface area is 149 Å². The Morgan fingerprint density at radius 3 is 2.81 bits per heavy atom. The van der Waals surface area contributed by atoms with E-state index in [0.717, 1.165) is 22.5 Å². The van der Waals surface area contributed by atoms with Gasteiger partial charge in [-0.05, 0) is 24.3 Å². The van der Waals surface area contributed by atoms with Gasteiger partial charge in [0.25, 0.3) is 0 Å². The van der Waals surface area contributed by atoms with Crippen LogP contribution >= 0.6 is 0 Å². The van der Waals surface area contributed by atoms with Crippen LogP contribution in [0.2, 0.25) is 0 Å². The van der Waals surface area contributed by atoms with E-state index in [2.05, 4.69) is 20.2 Å². The van der Waals surface area contributed by atoms with Crippen molar-refractivity contribution in [3.63, 3.8) is 0 Å². The van der Waals surface area contributed by atoms with Crippen LogP contribution in [0.4, 0.5) is 4.39 Å². The lowest BCUT2D eigenvalue weighted by molar-refractivity contribution is 0.300. The number of aromatic nitrogens is 4. The average Bonchev–Trinajstić information content (AvgIpc) is 3.18. The van der Waals surface area contributed by atoms with E-state index in [1.807, 2.05) is 30.3 Å². The molecular weight excluding hydrogens is 331 g/mol. The SMILES string of the molecule is Fc1ccccc1COc1cccc(-c2[nH]ncc2-c2ccncn2)c1. The predicted molar refractivity (Wildman–Crippen MR) is 95.8 cm³/mol. The van der Waals surface area contributed by atoms with Crippen molar-refractivity contribution in [3.8, 4) is 28.3 Å². The lowest BCUT2D eigenvalue weighted by atomic mass is 10.1. The summed E-state index contributed by atoms with van der Waals surface area (Å²) in [5, 5.41) is 7.14. The number of hydrogen-bond donors (Lipinski definition) is 1. The van der Waals surface area contributed by atoms with Gasteiger partial charge < -0.3 is 4.74 Å². The summed E-state index contributed by atoms with van der Waals surface area (Å²) in [6.45, 7) is 0.165. The Balaban J connectivity index is 1.59. The van der Waals surface area contributed by atoms with Crippen molar-refractivity contribution in [2.45, 2.75) is 6.61 Å². The maximum absolute atomic E-state index is 13.7. The van der Waals surface area contributed by atoms with E-state index in [0.29, 0.717) is 11.3 Å². The molecule has 0 atom stereocenters. The minimum Gasteiger partial charge on any atom is -0.489 e. The van der Waals surface area contributed by atoms with Gasteiger partial charge in [-0.3, -0.25) is 5.10 Å².